The summed E-state index contributed by atoms with van der Waals surface area (Å²) in [5.74, 6) is 0. The van der Waals surface area contributed by atoms with E-state index in [1.807, 2.05) is 0 Å². The molecule has 1 aliphatic carbocycles. The molecule has 23 heavy (non-hydrogen) atoms. The molecule has 2 aromatic rings. The Kier molecular flexibility index (Phi) is 4.33. The van der Waals surface area contributed by atoms with Gasteiger partial charge in [-0.15, -0.1) is 0 Å². The fraction of sp³-hybridized carbons (Fsp3) is 0.526. The molecule has 1 N–H and O–H groups in total. The van der Waals surface area contributed by atoms with Crippen molar-refractivity contribution in [2.24, 2.45) is 0 Å². The van der Waals surface area contributed by atoms with E-state index in [2.05, 4.69) is 50.3 Å². The SMILES string of the molecule is c1ccc(N2CCN(CCCc3[nH]nc4c3CCC4)CC2)cc1. The Labute approximate surface area is 138 Å². The Morgan fingerprint density at radius 2 is 1.83 bits per heavy atom. The van der Waals surface area contributed by atoms with Crippen molar-refractivity contribution in [3.63, 3.8) is 0 Å². The van der Waals surface area contributed by atoms with Crippen LogP contribution in [0.3, 0.4) is 0 Å². The number of piperazine rings is 1. The number of H-pyrrole nitrogens is 1. The highest BCUT2D eigenvalue weighted by Crippen LogP contribution is 2.23. The molecule has 1 aromatic heterocycles. The molecule has 0 atom stereocenters. The van der Waals surface area contributed by atoms with Gasteiger partial charge in [0.05, 0.1) is 5.69 Å². The summed E-state index contributed by atoms with van der Waals surface area (Å²) in [6, 6.07) is 10.8. The standard InChI is InChI=1S/C19H26N4/c1-2-6-16(7-3-1)23-14-12-22(13-15-23)11-5-10-19-17-8-4-9-18(17)20-21-19/h1-3,6-7H,4-5,8-15H2,(H,20,21). The second-order valence-electron chi connectivity index (χ2n) is 6.75. The number of nitrogens with one attached hydrogen (secondary N) is 1. The molecule has 0 spiro atoms. The summed E-state index contributed by atoms with van der Waals surface area (Å²) in [4.78, 5) is 5.11. The zero-order valence-corrected chi connectivity index (χ0v) is 13.8. The molecule has 2 heterocycles. The van der Waals surface area contributed by atoms with Crippen LogP contribution in [0.15, 0.2) is 30.3 Å². The van der Waals surface area contributed by atoms with Crippen molar-refractivity contribution in [3.8, 4) is 0 Å². The van der Waals surface area contributed by atoms with Gasteiger partial charge in [0.25, 0.3) is 0 Å². The summed E-state index contributed by atoms with van der Waals surface area (Å²) in [5, 5.41) is 7.73. The first-order chi connectivity index (χ1) is 11.4. The van der Waals surface area contributed by atoms with Gasteiger partial charge in [-0.1, -0.05) is 18.2 Å². The summed E-state index contributed by atoms with van der Waals surface area (Å²) in [5.41, 5.74) is 5.62. The third-order valence-electron chi connectivity index (χ3n) is 5.27. The number of aromatic amines is 1. The van der Waals surface area contributed by atoms with Gasteiger partial charge >= 0.3 is 0 Å². The highest BCUT2D eigenvalue weighted by molar-refractivity contribution is 5.46. The second-order valence-corrected chi connectivity index (χ2v) is 6.75. The number of rotatable bonds is 5. The molecule has 0 amide bonds. The van der Waals surface area contributed by atoms with Gasteiger partial charge in [-0.2, -0.15) is 5.10 Å². The minimum atomic E-state index is 1.14. The molecule has 1 saturated heterocycles. The number of hydrogen-bond acceptors (Lipinski definition) is 3. The minimum Gasteiger partial charge on any atom is -0.369 e. The van der Waals surface area contributed by atoms with Crippen LogP contribution in [0.5, 0.6) is 0 Å². The van der Waals surface area contributed by atoms with Crippen molar-refractivity contribution < 1.29 is 0 Å². The van der Waals surface area contributed by atoms with Crippen LogP contribution in [0.2, 0.25) is 0 Å². The van der Waals surface area contributed by atoms with E-state index in [1.54, 1.807) is 0 Å². The van der Waals surface area contributed by atoms with Gasteiger partial charge in [0.1, 0.15) is 0 Å². The lowest BCUT2D eigenvalue weighted by Gasteiger charge is -2.36. The Bertz CT molecular complexity index is 626. The van der Waals surface area contributed by atoms with Gasteiger partial charge in [0, 0.05) is 37.6 Å². The quantitative estimate of drug-likeness (QED) is 0.922. The van der Waals surface area contributed by atoms with Crippen LogP contribution in [0.25, 0.3) is 0 Å². The van der Waals surface area contributed by atoms with Crippen LogP contribution >= 0.6 is 0 Å². The highest BCUT2D eigenvalue weighted by atomic mass is 15.3. The number of aromatic nitrogens is 2. The number of nitrogens with zero attached hydrogens (tertiary/aromatic N) is 3. The predicted molar refractivity (Wildman–Crippen MR) is 94.0 cm³/mol. The molecule has 0 radical (unpaired) electrons. The van der Waals surface area contributed by atoms with Crippen LogP contribution in [0.1, 0.15) is 29.8 Å². The molecule has 0 bridgehead atoms. The largest absolute Gasteiger partial charge is 0.369 e. The molecule has 4 rings (SSSR count). The van der Waals surface area contributed by atoms with Crippen molar-refractivity contribution in [3.05, 3.63) is 47.3 Å². The van der Waals surface area contributed by atoms with Gasteiger partial charge in [-0.05, 0) is 56.3 Å². The van der Waals surface area contributed by atoms with E-state index in [9.17, 15) is 0 Å². The topological polar surface area (TPSA) is 35.2 Å². The first kappa shape index (κ1) is 14.8. The lowest BCUT2D eigenvalue weighted by molar-refractivity contribution is 0.255. The zero-order valence-electron chi connectivity index (χ0n) is 13.8. The Balaban J connectivity index is 1.22. The van der Waals surface area contributed by atoms with Crippen molar-refractivity contribution in [1.82, 2.24) is 15.1 Å². The van der Waals surface area contributed by atoms with Crippen molar-refractivity contribution in [2.45, 2.75) is 32.1 Å². The molecule has 4 heteroatoms. The molecular weight excluding hydrogens is 284 g/mol. The Hall–Kier alpha value is -1.81. The highest BCUT2D eigenvalue weighted by Gasteiger charge is 2.19. The maximum atomic E-state index is 4.46. The molecule has 0 unspecified atom stereocenters. The average molecular weight is 310 g/mol. The molecule has 122 valence electrons. The van der Waals surface area contributed by atoms with Crippen molar-refractivity contribution in [1.29, 1.82) is 0 Å². The smallest absolute Gasteiger partial charge is 0.0657 e. The molecular formula is C19H26N4. The van der Waals surface area contributed by atoms with Crippen LogP contribution in [0, 0.1) is 0 Å². The molecule has 4 nitrogen and oxygen atoms in total. The van der Waals surface area contributed by atoms with Crippen LogP contribution < -0.4 is 4.90 Å². The summed E-state index contributed by atoms with van der Waals surface area (Å²) >= 11 is 0. The maximum Gasteiger partial charge on any atom is 0.0657 e. The Morgan fingerprint density at radius 1 is 1.00 bits per heavy atom. The summed E-state index contributed by atoms with van der Waals surface area (Å²) in [6.07, 6.45) is 6.09. The van der Waals surface area contributed by atoms with Crippen LogP contribution in [-0.4, -0.2) is 47.8 Å². The molecule has 1 fully saturated rings. The Morgan fingerprint density at radius 3 is 2.65 bits per heavy atom. The van der Waals surface area contributed by atoms with Crippen molar-refractivity contribution >= 4 is 5.69 Å². The lowest BCUT2D eigenvalue weighted by atomic mass is 10.1. The monoisotopic (exact) mass is 310 g/mol. The maximum absolute atomic E-state index is 4.46. The third kappa shape index (κ3) is 3.27. The van der Waals surface area contributed by atoms with E-state index in [4.69, 9.17) is 0 Å². The average Bonchev–Trinajstić information content (AvgIpc) is 3.21. The fourth-order valence-electron chi connectivity index (χ4n) is 3.93. The fourth-order valence-corrected chi connectivity index (χ4v) is 3.93. The first-order valence-electron chi connectivity index (χ1n) is 8.97. The summed E-state index contributed by atoms with van der Waals surface area (Å²) in [6.45, 7) is 5.84. The van der Waals surface area contributed by atoms with E-state index in [0.29, 0.717) is 0 Å². The van der Waals surface area contributed by atoms with E-state index in [0.717, 1.165) is 19.5 Å². The first-order valence-corrected chi connectivity index (χ1v) is 8.97. The van der Waals surface area contributed by atoms with Crippen molar-refractivity contribution in [2.75, 3.05) is 37.6 Å². The predicted octanol–water partition coefficient (Wildman–Crippen LogP) is 2.65. The van der Waals surface area contributed by atoms with Crippen LogP contribution in [0.4, 0.5) is 5.69 Å². The van der Waals surface area contributed by atoms with E-state index in [-0.39, 0.29) is 0 Å². The number of benzene rings is 1. The normalized spacial score (nSPS) is 18.3. The molecule has 2 aliphatic rings. The molecule has 0 saturated carbocycles. The van der Waals surface area contributed by atoms with E-state index in [1.165, 1.54) is 68.0 Å². The number of para-hydroxylation sites is 1. The number of aryl methyl sites for hydroxylation is 2. The molecule has 1 aliphatic heterocycles. The van der Waals surface area contributed by atoms with Gasteiger partial charge < -0.3 is 4.90 Å². The second kappa shape index (κ2) is 6.75. The van der Waals surface area contributed by atoms with E-state index < -0.39 is 0 Å². The lowest BCUT2D eigenvalue weighted by Crippen LogP contribution is -2.46. The van der Waals surface area contributed by atoms with Gasteiger partial charge in [-0.25, -0.2) is 0 Å². The number of hydrogen-bond donors (Lipinski definition) is 1. The van der Waals surface area contributed by atoms with Gasteiger partial charge in [0.2, 0.25) is 0 Å². The summed E-state index contributed by atoms with van der Waals surface area (Å²) in [7, 11) is 0. The number of fused-ring (bicyclic) bond motifs is 1. The van der Waals surface area contributed by atoms with Gasteiger partial charge in [-0.3, -0.25) is 10.00 Å². The minimum absolute atomic E-state index is 1.14. The zero-order chi connectivity index (χ0) is 15.5. The van der Waals surface area contributed by atoms with Gasteiger partial charge in [0.15, 0.2) is 0 Å². The van der Waals surface area contributed by atoms with E-state index >= 15 is 0 Å². The summed E-state index contributed by atoms with van der Waals surface area (Å²) < 4.78 is 0. The molecule has 1 aromatic carbocycles. The van der Waals surface area contributed by atoms with Crippen LogP contribution in [-0.2, 0) is 19.3 Å². The third-order valence-corrected chi connectivity index (χ3v) is 5.27. The number of anilines is 1.